The number of carbonyl (C=O) groups is 2. The van der Waals surface area contributed by atoms with E-state index in [1.165, 1.54) is 18.2 Å². The summed E-state index contributed by atoms with van der Waals surface area (Å²) >= 11 is 0. The summed E-state index contributed by atoms with van der Waals surface area (Å²) in [6, 6.07) is 18.5. The Balaban J connectivity index is 1.85. The molecule has 1 N–H and O–H groups in total. The first-order valence-corrected chi connectivity index (χ1v) is 10.4. The molecule has 1 aliphatic heterocycles. The number of imide groups is 1. The van der Waals surface area contributed by atoms with E-state index in [1.54, 1.807) is 30.3 Å². The molecule has 3 aromatic rings. The minimum Gasteiger partial charge on any atom is -0.494 e. The van der Waals surface area contributed by atoms with Crippen molar-refractivity contribution < 1.29 is 18.7 Å². The molecular weight excluding hydrogens is 407 g/mol. The second-order valence-electron chi connectivity index (χ2n) is 7.55. The van der Waals surface area contributed by atoms with E-state index in [0.717, 1.165) is 16.0 Å². The second-order valence-corrected chi connectivity index (χ2v) is 7.55. The van der Waals surface area contributed by atoms with Crippen LogP contribution in [0.4, 0.5) is 15.8 Å². The highest BCUT2D eigenvalue weighted by molar-refractivity contribution is 6.46. The van der Waals surface area contributed by atoms with E-state index in [4.69, 9.17) is 4.74 Å². The second kappa shape index (κ2) is 8.67. The number of rotatable bonds is 6. The monoisotopic (exact) mass is 430 g/mol. The molecule has 6 heteroatoms. The average Bonchev–Trinajstić information content (AvgIpc) is 2.99. The molecule has 0 aliphatic carbocycles. The highest BCUT2D eigenvalue weighted by Crippen LogP contribution is 2.36. The van der Waals surface area contributed by atoms with Gasteiger partial charge in [0, 0.05) is 11.8 Å². The molecule has 0 spiro atoms. The Morgan fingerprint density at radius 2 is 1.72 bits per heavy atom. The molecule has 1 heterocycles. The van der Waals surface area contributed by atoms with Gasteiger partial charge in [-0.25, -0.2) is 9.29 Å². The molecule has 162 valence electrons. The fraction of sp³-hybridized carbons (Fsp3) is 0.154. The number of aryl methyl sites for hydroxylation is 2. The molecule has 0 atom stereocenters. The number of halogens is 1. The number of ether oxygens (including phenoxy) is 1. The van der Waals surface area contributed by atoms with Crippen LogP contribution in [-0.4, -0.2) is 18.4 Å². The zero-order chi connectivity index (χ0) is 22.8. The van der Waals surface area contributed by atoms with E-state index >= 15 is 0 Å². The van der Waals surface area contributed by atoms with Gasteiger partial charge in [0.15, 0.2) is 0 Å². The van der Waals surface area contributed by atoms with Gasteiger partial charge in [-0.15, -0.1) is 0 Å². The number of hydrogen-bond donors (Lipinski definition) is 1. The minimum absolute atomic E-state index is 0.0790. The first-order valence-electron chi connectivity index (χ1n) is 10.4. The van der Waals surface area contributed by atoms with Crippen molar-refractivity contribution in [2.24, 2.45) is 0 Å². The molecule has 3 aromatic carbocycles. The van der Waals surface area contributed by atoms with Gasteiger partial charge in [-0.3, -0.25) is 9.59 Å². The Hall–Kier alpha value is -3.93. The molecular formula is C26H23FN2O3. The van der Waals surface area contributed by atoms with Crippen molar-refractivity contribution in [3.8, 4) is 5.75 Å². The number of carbonyl (C=O) groups excluding carboxylic acids is 2. The van der Waals surface area contributed by atoms with Crippen molar-refractivity contribution in [3.05, 3.63) is 94.9 Å². The Kier molecular flexibility index (Phi) is 5.77. The van der Waals surface area contributed by atoms with Crippen molar-refractivity contribution in [2.45, 2.75) is 20.8 Å². The van der Waals surface area contributed by atoms with Crippen LogP contribution in [0.25, 0.3) is 5.57 Å². The number of benzene rings is 3. The summed E-state index contributed by atoms with van der Waals surface area (Å²) in [5, 5.41) is 3.09. The summed E-state index contributed by atoms with van der Waals surface area (Å²) in [7, 11) is 0. The smallest absolute Gasteiger partial charge is 0.282 e. The molecule has 0 fully saturated rings. The lowest BCUT2D eigenvalue weighted by Crippen LogP contribution is -2.33. The minimum atomic E-state index is -0.645. The Morgan fingerprint density at radius 1 is 0.938 bits per heavy atom. The third-order valence-corrected chi connectivity index (χ3v) is 5.24. The summed E-state index contributed by atoms with van der Waals surface area (Å²) in [5.41, 5.74) is 3.31. The SMILES string of the molecule is CCOc1cccc(NC2=C(c3ccc(C)cc3C)C(=O)N(c3ccccc3F)C2=O)c1. The van der Waals surface area contributed by atoms with Gasteiger partial charge in [0.25, 0.3) is 11.8 Å². The van der Waals surface area contributed by atoms with Crippen molar-refractivity contribution in [1.29, 1.82) is 0 Å². The Labute approximate surface area is 186 Å². The molecule has 0 saturated heterocycles. The molecule has 0 radical (unpaired) electrons. The maximum absolute atomic E-state index is 14.5. The molecule has 32 heavy (non-hydrogen) atoms. The van der Waals surface area contributed by atoms with Crippen LogP contribution in [0, 0.1) is 19.7 Å². The average molecular weight is 430 g/mol. The summed E-state index contributed by atoms with van der Waals surface area (Å²) in [6.45, 7) is 6.22. The number of nitrogens with one attached hydrogen (secondary N) is 1. The van der Waals surface area contributed by atoms with Crippen LogP contribution in [0.1, 0.15) is 23.6 Å². The van der Waals surface area contributed by atoms with Gasteiger partial charge in [-0.1, -0.05) is 42.0 Å². The van der Waals surface area contributed by atoms with Gasteiger partial charge in [-0.05, 0) is 56.2 Å². The summed E-state index contributed by atoms with van der Waals surface area (Å²) in [4.78, 5) is 27.8. The van der Waals surface area contributed by atoms with E-state index in [9.17, 15) is 14.0 Å². The topological polar surface area (TPSA) is 58.6 Å². The number of amides is 2. The summed E-state index contributed by atoms with van der Waals surface area (Å²) < 4.78 is 20.1. The standard InChI is InChI=1S/C26H23FN2O3/c1-4-32-19-9-7-8-18(15-19)28-24-23(20-13-12-16(2)14-17(20)3)25(30)29(26(24)31)22-11-6-5-10-21(22)27/h5-15,28H,4H2,1-3H3. The van der Waals surface area contributed by atoms with Gasteiger partial charge >= 0.3 is 0 Å². The fourth-order valence-electron chi connectivity index (χ4n) is 3.82. The van der Waals surface area contributed by atoms with Gasteiger partial charge < -0.3 is 10.1 Å². The van der Waals surface area contributed by atoms with Gasteiger partial charge in [0.2, 0.25) is 0 Å². The maximum atomic E-state index is 14.5. The first-order chi connectivity index (χ1) is 15.4. The lowest BCUT2D eigenvalue weighted by Gasteiger charge is -2.16. The predicted molar refractivity (Wildman–Crippen MR) is 123 cm³/mol. The zero-order valence-electron chi connectivity index (χ0n) is 18.1. The van der Waals surface area contributed by atoms with E-state index < -0.39 is 17.6 Å². The summed E-state index contributed by atoms with van der Waals surface area (Å²) in [6.07, 6.45) is 0. The van der Waals surface area contributed by atoms with E-state index in [1.807, 2.05) is 39.0 Å². The van der Waals surface area contributed by atoms with Crippen LogP contribution < -0.4 is 15.0 Å². The van der Waals surface area contributed by atoms with Crippen LogP contribution in [0.5, 0.6) is 5.75 Å². The van der Waals surface area contributed by atoms with Crippen molar-refractivity contribution in [1.82, 2.24) is 0 Å². The van der Waals surface area contributed by atoms with Gasteiger partial charge in [-0.2, -0.15) is 0 Å². The fourth-order valence-corrected chi connectivity index (χ4v) is 3.82. The molecule has 0 unspecified atom stereocenters. The number of nitrogens with zero attached hydrogens (tertiary/aromatic N) is 1. The zero-order valence-corrected chi connectivity index (χ0v) is 18.1. The van der Waals surface area contributed by atoms with Crippen LogP contribution in [-0.2, 0) is 9.59 Å². The van der Waals surface area contributed by atoms with Gasteiger partial charge in [0.1, 0.15) is 17.3 Å². The van der Waals surface area contributed by atoms with Crippen LogP contribution >= 0.6 is 0 Å². The van der Waals surface area contributed by atoms with E-state index in [0.29, 0.717) is 23.6 Å². The normalized spacial score (nSPS) is 13.7. The van der Waals surface area contributed by atoms with Gasteiger partial charge in [0.05, 0.1) is 17.9 Å². The van der Waals surface area contributed by atoms with Crippen molar-refractivity contribution in [2.75, 3.05) is 16.8 Å². The molecule has 0 aromatic heterocycles. The van der Waals surface area contributed by atoms with E-state index in [-0.39, 0.29) is 17.0 Å². The van der Waals surface area contributed by atoms with Crippen LogP contribution in [0.15, 0.2) is 72.4 Å². The third-order valence-electron chi connectivity index (χ3n) is 5.24. The molecule has 0 saturated carbocycles. The molecule has 1 aliphatic rings. The van der Waals surface area contributed by atoms with Crippen LogP contribution in [0.3, 0.4) is 0 Å². The first kappa shape index (κ1) is 21.3. The number of hydrogen-bond acceptors (Lipinski definition) is 4. The molecule has 5 nitrogen and oxygen atoms in total. The maximum Gasteiger partial charge on any atom is 0.282 e. The van der Waals surface area contributed by atoms with E-state index in [2.05, 4.69) is 5.32 Å². The number of para-hydroxylation sites is 1. The largest absolute Gasteiger partial charge is 0.494 e. The molecule has 4 rings (SSSR count). The molecule has 0 bridgehead atoms. The van der Waals surface area contributed by atoms with Crippen molar-refractivity contribution in [3.63, 3.8) is 0 Å². The highest BCUT2D eigenvalue weighted by atomic mass is 19.1. The number of anilines is 2. The van der Waals surface area contributed by atoms with Crippen LogP contribution in [0.2, 0.25) is 0 Å². The lowest BCUT2D eigenvalue weighted by molar-refractivity contribution is -0.120. The third kappa shape index (κ3) is 3.87. The predicted octanol–water partition coefficient (Wildman–Crippen LogP) is 5.24. The highest BCUT2D eigenvalue weighted by Gasteiger charge is 2.41. The Morgan fingerprint density at radius 3 is 2.44 bits per heavy atom. The molecule has 2 amide bonds. The van der Waals surface area contributed by atoms with Crippen molar-refractivity contribution >= 4 is 28.8 Å². The quantitative estimate of drug-likeness (QED) is 0.544. The Bertz CT molecular complexity index is 1250. The lowest BCUT2D eigenvalue weighted by atomic mass is 9.97. The summed E-state index contributed by atoms with van der Waals surface area (Å²) in [5.74, 6) is -1.20.